The van der Waals surface area contributed by atoms with Gasteiger partial charge >= 0.3 is 6.09 Å². The minimum Gasteiger partial charge on any atom is -0.452 e. The number of amides is 1. The number of nitrogens with zero attached hydrogens (tertiary/aromatic N) is 3. The number of hydrogen-bond donors (Lipinski definition) is 1. The molecule has 6 heteroatoms. The average Bonchev–Trinajstić information content (AvgIpc) is 3.17. The molecule has 1 fully saturated rings. The fourth-order valence-corrected chi connectivity index (χ4v) is 5.48. The topological polar surface area (TPSA) is 59.4 Å². The van der Waals surface area contributed by atoms with Crippen LogP contribution in [0, 0.1) is 5.92 Å². The van der Waals surface area contributed by atoms with Crippen molar-refractivity contribution < 1.29 is 9.53 Å². The molecule has 0 radical (unpaired) electrons. The zero-order valence-corrected chi connectivity index (χ0v) is 19.2. The number of imidazole rings is 1. The molecule has 3 aromatic rings. The van der Waals surface area contributed by atoms with Gasteiger partial charge < -0.3 is 14.6 Å². The van der Waals surface area contributed by atoms with Gasteiger partial charge in [-0.1, -0.05) is 37.3 Å². The number of nitrogens with one attached hydrogen (secondary N) is 1. The lowest BCUT2D eigenvalue weighted by Gasteiger charge is -2.34. The molecule has 1 amide bonds. The number of anilines is 1. The van der Waals surface area contributed by atoms with Gasteiger partial charge in [0.05, 0.1) is 23.8 Å². The normalized spacial score (nSPS) is 23.2. The first-order valence-electron chi connectivity index (χ1n) is 11.7. The number of ether oxygens (including phenoxy) is 1. The predicted octanol–water partition coefficient (Wildman–Crippen LogP) is 4.71. The van der Waals surface area contributed by atoms with Crippen molar-refractivity contribution in [2.45, 2.75) is 51.6 Å². The van der Waals surface area contributed by atoms with Crippen LogP contribution in [0.3, 0.4) is 0 Å². The molecule has 0 aliphatic carbocycles. The summed E-state index contributed by atoms with van der Waals surface area (Å²) < 4.78 is 7.60. The Balaban J connectivity index is 1.68. The summed E-state index contributed by atoms with van der Waals surface area (Å²) in [6, 6.07) is 15.4. The number of hydrogen-bond acceptors (Lipinski definition) is 4. The zero-order chi connectivity index (χ0) is 22.2. The van der Waals surface area contributed by atoms with E-state index < -0.39 is 0 Å². The highest BCUT2D eigenvalue weighted by atomic mass is 16.5. The van der Waals surface area contributed by atoms with Gasteiger partial charge in [0.25, 0.3) is 0 Å². The van der Waals surface area contributed by atoms with Crippen molar-refractivity contribution >= 4 is 22.8 Å². The Morgan fingerprint density at radius 2 is 1.97 bits per heavy atom. The first kappa shape index (κ1) is 21.0. The van der Waals surface area contributed by atoms with E-state index in [4.69, 9.17) is 9.72 Å². The van der Waals surface area contributed by atoms with Crippen LogP contribution < -0.4 is 10.2 Å². The van der Waals surface area contributed by atoms with E-state index in [1.807, 2.05) is 0 Å². The first-order chi connectivity index (χ1) is 15.6. The van der Waals surface area contributed by atoms with E-state index in [0.717, 1.165) is 55.8 Å². The van der Waals surface area contributed by atoms with E-state index in [9.17, 15) is 4.79 Å². The van der Waals surface area contributed by atoms with E-state index >= 15 is 0 Å². The average molecular weight is 433 g/mol. The van der Waals surface area contributed by atoms with Gasteiger partial charge in [0.1, 0.15) is 5.82 Å². The van der Waals surface area contributed by atoms with Crippen molar-refractivity contribution in [3.05, 3.63) is 59.4 Å². The Morgan fingerprint density at radius 3 is 2.72 bits per heavy atom. The SMILES string of the molecule is COC(=O)N1c2ccc3c(nc(Cc4ccccc4)n3[C@@H]3CCNC[C@@H]3C)c2CC[C@@H]1C. The molecular formula is C26H32N4O2. The second-order valence-corrected chi connectivity index (χ2v) is 9.26. The third-order valence-corrected chi connectivity index (χ3v) is 7.18. The van der Waals surface area contributed by atoms with Crippen LogP contribution in [-0.2, 0) is 17.6 Å². The van der Waals surface area contributed by atoms with E-state index in [1.165, 1.54) is 23.8 Å². The summed E-state index contributed by atoms with van der Waals surface area (Å²) in [6.45, 7) is 6.46. The summed E-state index contributed by atoms with van der Waals surface area (Å²) >= 11 is 0. The van der Waals surface area contributed by atoms with Crippen LogP contribution >= 0.6 is 0 Å². The third-order valence-electron chi connectivity index (χ3n) is 7.18. The van der Waals surface area contributed by atoms with Crippen LogP contribution in [-0.4, -0.2) is 41.9 Å². The molecule has 6 nitrogen and oxygen atoms in total. The predicted molar refractivity (Wildman–Crippen MR) is 127 cm³/mol. The van der Waals surface area contributed by atoms with Gasteiger partial charge in [0, 0.05) is 24.1 Å². The van der Waals surface area contributed by atoms with E-state index in [0.29, 0.717) is 12.0 Å². The van der Waals surface area contributed by atoms with Crippen molar-refractivity contribution in [2.75, 3.05) is 25.1 Å². The summed E-state index contributed by atoms with van der Waals surface area (Å²) in [7, 11) is 1.45. The molecule has 32 heavy (non-hydrogen) atoms. The summed E-state index contributed by atoms with van der Waals surface area (Å²) in [5.74, 6) is 1.64. The lowest BCUT2D eigenvalue weighted by molar-refractivity contribution is 0.175. The Morgan fingerprint density at radius 1 is 1.16 bits per heavy atom. The molecule has 0 spiro atoms. The van der Waals surface area contributed by atoms with E-state index in [-0.39, 0.29) is 12.1 Å². The summed E-state index contributed by atoms with van der Waals surface area (Å²) in [6.07, 6.45) is 3.43. The van der Waals surface area contributed by atoms with Crippen molar-refractivity contribution in [1.82, 2.24) is 14.9 Å². The zero-order valence-electron chi connectivity index (χ0n) is 19.2. The highest BCUT2D eigenvalue weighted by Crippen LogP contribution is 2.39. The number of fused-ring (bicyclic) bond motifs is 3. The van der Waals surface area contributed by atoms with Gasteiger partial charge in [-0.2, -0.15) is 0 Å². The second-order valence-electron chi connectivity index (χ2n) is 9.26. The molecule has 2 aromatic carbocycles. The van der Waals surface area contributed by atoms with E-state index in [2.05, 4.69) is 66.2 Å². The Bertz CT molecular complexity index is 1120. The van der Waals surface area contributed by atoms with Crippen LogP contribution in [0.25, 0.3) is 11.0 Å². The van der Waals surface area contributed by atoms with Crippen molar-refractivity contribution in [3.63, 3.8) is 0 Å². The van der Waals surface area contributed by atoms with E-state index in [1.54, 1.807) is 4.90 Å². The van der Waals surface area contributed by atoms with Gasteiger partial charge in [-0.15, -0.1) is 0 Å². The maximum absolute atomic E-state index is 12.6. The standard InChI is InChI=1S/C26H32N4O2/c1-17-16-27-14-13-21(17)30-23-12-11-22-20(10-9-18(2)29(22)26(31)32-3)25(23)28-24(30)15-19-7-5-4-6-8-19/h4-8,11-12,17-18,21,27H,9-10,13-16H2,1-3H3/t17-,18-,21+/m0/s1. The Kier molecular flexibility index (Phi) is 5.64. The van der Waals surface area contributed by atoms with Gasteiger partial charge in [-0.25, -0.2) is 9.78 Å². The molecule has 1 saturated heterocycles. The van der Waals surface area contributed by atoms with Crippen LogP contribution in [0.4, 0.5) is 10.5 Å². The fourth-order valence-electron chi connectivity index (χ4n) is 5.48. The monoisotopic (exact) mass is 432 g/mol. The maximum Gasteiger partial charge on any atom is 0.414 e. The minimum absolute atomic E-state index is 0.114. The van der Waals surface area contributed by atoms with Crippen LogP contribution in [0.15, 0.2) is 42.5 Å². The molecule has 0 saturated carbocycles. The molecule has 0 unspecified atom stereocenters. The fraction of sp³-hybridized carbons (Fsp3) is 0.462. The molecule has 3 heterocycles. The molecule has 5 rings (SSSR count). The lowest BCUT2D eigenvalue weighted by atomic mass is 9.93. The molecule has 168 valence electrons. The van der Waals surface area contributed by atoms with Crippen molar-refractivity contribution in [3.8, 4) is 0 Å². The number of benzene rings is 2. The quantitative estimate of drug-likeness (QED) is 0.651. The van der Waals surface area contributed by atoms with Crippen LogP contribution in [0.1, 0.15) is 49.7 Å². The maximum atomic E-state index is 12.6. The largest absolute Gasteiger partial charge is 0.452 e. The Labute approximate surface area is 189 Å². The molecule has 2 aliphatic rings. The number of aryl methyl sites for hydroxylation is 1. The molecule has 3 atom stereocenters. The van der Waals surface area contributed by atoms with Gasteiger partial charge in [0.15, 0.2) is 0 Å². The molecule has 1 N–H and O–H groups in total. The molecule has 2 aliphatic heterocycles. The second kappa shape index (κ2) is 8.58. The van der Waals surface area contributed by atoms with Gasteiger partial charge in [-0.05, 0) is 62.9 Å². The highest BCUT2D eigenvalue weighted by Gasteiger charge is 2.33. The summed E-state index contributed by atoms with van der Waals surface area (Å²) in [5, 5.41) is 3.53. The lowest BCUT2D eigenvalue weighted by Crippen LogP contribution is -2.42. The summed E-state index contributed by atoms with van der Waals surface area (Å²) in [5.41, 5.74) is 5.61. The molecule has 0 bridgehead atoms. The van der Waals surface area contributed by atoms with Gasteiger partial charge in [-0.3, -0.25) is 4.90 Å². The molecule has 1 aromatic heterocycles. The number of carbonyl (C=O) groups excluding carboxylic acids is 1. The smallest absolute Gasteiger partial charge is 0.414 e. The van der Waals surface area contributed by atoms with Crippen LogP contribution in [0.5, 0.6) is 0 Å². The van der Waals surface area contributed by atoms with Crippen molar-refractivity contribution in [1.29, 1.82) is 0 Å². The van der Waals surface area contributed by atoms with Crippen LogP contribution in [0.2, 0.25) is 0 Å². The molecular weight excluding hydrogens is 400 g/mol. The Hall–Kier alpha value is -2.86. The highest BCUT2D eigenvalue weighted by molar-refractivity contribution is 5.95. The van der Waals surface area contributed by atoms with Crippen molar-refractivity contribution in [2.24, 2.45) is 5.92 Å². The van der Waals surface area contributed by atoms with Gasteiger partial charge in [0.2, 0.25) is 0 Å². The third kappa shape index (κ3) is 3.56. The number of carbonyl (C=O) groups is 1. The number of methoxy groups -OCH3 is 1. The summed E-state index contributed by atoms with van der Waals surface area (Å²) in [4.78, 5) is 19.6. The number of rotatable bonds is 3. The minimum atomic E-state index is -0.297. The number of piperidine rings is 1. The number of aromatic nitrogens is 2. The first-order valence-corrected chi connectivity index (χ1v) is 11.7.